The van der Waals surface area contributed by atoms with Gasteiger partial charge >= 0.3 is 0 Å². The zero-order chi connectivity index (χ0) is 23.7. The summed E-state index contributed by atoms with van der Waals surface area (Å²) in [5, 5.41) is 11.1. The van der Waals surface area contributed by atoms with E-state index in [9.17, 15) is 18.8 Å². The number of fused-ring (bicyclic) bond motifs is 1. The van der Waals surface area contributed by atoms with Crippen molar-refractivity contribution in [2.45, 2.75) is 32.1 Å². The van der Waals surface area contributed by atoms with E-state index in [1.165, 1.54) is 18.9 Å². The third kappa shape index (κ3) is 4.71. The van der Waals surface area contributed by atoms with Crippen molar-refractivity contribution >= 4 is 22.6 Å². The fraction of sp³-hybridized carbons (Fsp3) is 0.385. The Balaban J connectivity index is 1.26. The molecule has 1 aliphatic carbocycles. The Bertz CT molecular complexity index is 1300. The number of rotatable bonds is 7. The summed E-state index contributed by atoms with van der Waals surface area (Å²) >= 11 is 0. The van der Waals surface area contributed by atoms with Gasteiger partial charge in [-0.05, 0) is 61.8 Å². The number of H-pyrrole nitrogens is 1. The minimum atomic E-state index is -0.567. The van der Waals surface area contributed by atoms with Crippen LogP contribution in [0.4, 0.5) is 4.39 Å². The highest BCUT2D eigenvalue weighted by Crippen LogP contribution is 2.28. The molecule has 0 radical (unpaired) electrons. The number of aryl methyl sites for hydroxylation is 2. The van der Waals surface area contributed by atoms with E-state index in [1.54, 1.807) is 29.2 Å². The molecule has 8 heteroatoms. The van der Waals surface area contributed by atoms with Crippen LogP contribution >= 0.6 is 0 Å². The molecule has 1 saturated carbocycles. The maximum absolute atomic E-state index is 14.6. The number of likely N-dealkylation sites (tertiary alicyclic amines) is 1. The lowest BCUT2D eigenvalue weighted by Gasteiger charge is -2.17. The van der Waals surface area contributed by atoms with Gasteiger partial charge in [0.1, 0.15) is 5.82 Å². The SMILES string of the molecule is O=C(NCC1CC1)[C@@H]1CCN(C(=O)c2cc(CCc3n[nH]c(=O)c4ccccc34)ccc2F)C1. The highest BCUT2D eigenvalue weighted by atomic mass is 19.1. The number of hydrogen-bond acceptors (Lipinski definition) is 4. The Labute approximate surface area is 196 Å². The summed E-state index contributed by atoms with van der Waals surface area (Å²) in [6.45, 7) is 1.46. The number of aromatic nitrogens is 2. The fourth-order valence-corrected chi connectivity index (χ4v) is 4.56. The van der Waals surface area contributed by atoms with Crippen LogP contribution < -0.4 is 10.9 Å². The molecule has 0 bridgehead atoms. The third-order valence-corrected chi connectivity index (χ3v) is 6.79. The Morgan fingerprint density at radius 2 is 1.88 bits per heavy atom. The summed E-state index contributed by atoms with van der Waals surface area (Å²) in [7, 11) is 0. The summed E-state index contributed by atoms with van der Waals surface area (Å²) in [5.74, 6) is -0.609. The number of aromatic amines is 1. The first-order valence-corrected chi connectivity index (χ1v) is 11.8. The molecule has 0 spiro atoms. The van der Waals surface area contributed by atoms with E-state index in [2.05, 4.69) is 15.5 Å². The molecule has 2 fully saturated rings. The lowest BCUT2D eigenvalue weighted by atomic mass is 10.0. The van der Waals surface area contributed by atoms with Gasteiger partial charge in [-0.3, -0.25) is 14.4 Å². The number of nitrogens with zero attached hydrogens (tertiary/aromatic N) is 2. The van der Waals surface area contributed by atoms with Gasteiger partial charge in [-0.1, -0.05) is 24.3 Å². The highest BCUT2D eigenvalue weighted by Gasteiger charge is 2.33. The highest BCUT2D eigenvalue weighted by molar-refractivity contribution is 5.95. The van der Waals surface area contributed by atoms with Crippen molar-refractivity contribution in [3.63, 3.8) is 0 Å². The zero-order valence-electron chi connectivity index (χ0n) is 18.9. The number of amides is 2. The second-order valence-electron chi connectivity index (χ2n) is 9.28. The van der Waals surface area contributed by atoms with Crippen molar-refractivity contribution in [2.24, 2.45) is 11.8 Å². The Morgan fingerprint density at radius 1 is 1.09 bits per heavy atom. The first-order valence-electron chi connectivity index (χ1n) is 11.8. The lowest BCUT2D eigenvalue weighted by molar-refractivity contribution is -0.124. The maximum Gasteiger partial charge on any atom is 0.272 e. The Hall–Kier alpha value is -3.55. The molecular weight excluding hydrogens is 435 g/mol. The predicted molar refractivity (Wildman–Crippen MR) is 126 cm³/mol. The van der Waals surface area contributed by atoms with Crippen LogP contribution in [0.5, 0.6) is 0 Å². The van der Waals surface area contributed by atoms with E-state index >= 15 is 0 Å². The van der Waals surface area contributed by atoms with Crippen LogP contribution in [0.25, 0.3) is 10.8 Å². The molecule has 1 saturated heterocycles. The summed E-state index contributed by atoms with van der Waals surface area (Å²) in [6, 6.07) is 11.8. The minimum absolute atomic E-state index is 0.0166. The number of benzene rings is 2. The average Bonchev–Trinajstić information content (AvgIpc) is 3.56. The summed E-state index contributed by atoms with van der Waals surface area (Å²) in [5.41, 5.74) is 1.33. The van der Waals surface area contributed by atoms with E-state index in [-0.39, 0.29) is 28.9 Å². The monoisotopic (exact) mass is 462 g/mol. The molecule has 2 heterocycles. The van der Waals surface area contributed by atoms with E-state index in [0.717, 1.165) is 16.6 Å². The van der Waals surface area contributed by atoms with E-state index < -0.39 is 5.82 Å². The van der Waals surface area contributed by atoms with Gasteiger partial charge in [0.15, 0.2) is 0 Å². The van der Waals surface area contributed by atoms with E-state index in [0.29, 0.717) is 50.2 Å². The number of hydrogen-bond donors (Lipinski definition) is 2. The molecule has 5 rings (SSSR count). The molecule has 7 nitrogen and oxygen atoms in total. The number of halogens is 1. The first-order chi connectivity index (χ1) is 16.5. The predicted octanol–water partition coefficient (Wildman–Crippen LogP) is 2.84. The molecule has 0 unspecified atom stereocenters. The Kier molecular flexibility index (Phi) is 6.13. The average molecular weight is 463 g/mol. The quantitative estimate of drug-likeness (QED) is 0.565. The van der Waals surface area contributed by atoms with Crippen LogP contribution in [-0.2, 0) is 17.6 Å². The molecular formula is C26H27FN4O3. The zero-order valence-corrected chi connectivity index (χ0v) is 18.9. The van der Waals surface area contributed by atoms with Gasteiger partial charge in [-0.2, -0.15) is 5.10 Å². The number of nitrogens with one attached hydrogen (secondary N) is 2. The van der Waals surface area contributed by atoms with Crippen LogP contribution in [0.1, 0.15) is 40.9 Å². The van der Waals surface area contributed by atoms with Crippen molar-refractivity contribution in [1.29, 1.82) is 0 Å². The van der Waals surface area contributed by atoms with Crippen LogP contribution in [0.15, 0.2) is 47.3 Å². The second-order valence-corrected chi connectivity index (χ2v) is 9.28. The molecule has 1 aliphatic heterocycles. The molecule has 3 aromatic rings. The summed E-state index contributed by atoms with van der Waals surface area (Å²) < 4.78 is 14.6. The lowest BCUT2D eigenvalue weighted by Crippen LogP contribution is -2.35. The number of carbonyl (C=O) groups excluding carboxylic acids is 2. The number of carbonyl (C=O) groups is 2. The third-order valence-electron chi connectivity index (χ3n) is 6.79. The van der Waals surface area contributed by atoms with Crippen molar-refractivity contribution in [1.82, 2.24) is 20.4 Å². The molecule has 1 aromatic heterocycles. The maximum atomic E-state index is 14.6. The molecule has 34 heavy (non-hydrogen) atoms. The van der Waals surface area contributed by atoms with Gasteiger partial charge in [-0.25, -0.2) is 9.49 Å². The van der Waals surface area contributed by atoms with Gasteiger partial charge in [0.2, 0.25) is 5.91 Å². The molecule has 2 amide bonds. The van der Waals surface area contributed by atoms with Crippen molar-refractivity contribution in [2.75, 3.05) is 19.6 Å². The van der Waals surface area contributed by atoms with Gasteiger partial charge in [-0.15, -0.1) is 0 Å². The molecule has 2 N–H and O–H groups in total. The fourth-order valence-electron chi connectivity index (χ4n) is 4.56. The van der Waals surface area contributed by atoms with Crippen LogP contribution in [-0.4, -0.2) is 46.5 Å². The van der Waals surface area contributed by atoms with Crippen LogP contribution in [0.3, 0.4) is 0 Å². The smallest absolute Gasteiger partial charge is 0.272 e. The van der Waals surface area contributed by atoms with Crippen LogP contribution in [0.2, 0.25) is 0 Å². The van der Waals surface area contributed by atoms with Crippen molar-refractivity contribution in [3.05, 3.63) is 75.5 Å². The molecule has 1 atom stereocenters. The van der Waals surface area contributed by atoms with Crippen molar-refractivity contribution < 1.29 is 14.0 Å². The summed E-state index contributed by atoms with van der Waals surface area (Å²) in [6.07, 6.45) is 3.99. The molecule has 176 valence electrons. The standard InChI is InChI=1S/C26H27FN4O3/c27-22-9-7-16(8-10-23-19-3-1-2-4-20(19)25(33)30-29-23)13-21(22)26(34)31-12-11-18(15-31)24(32)28-14-17-5-6-17/h1-4,7,9,13,17-18H,5-6,8,10-12,14-15H2,(H,28,32)(H,30,33)/t18-/m1/s1. The van der Waals surface area contributed by atoms with E-state index in [4.69, 9.17) is 0 Å². The minimum Gasteiger partial charge on any atom is -0.356 e. The van der Waals surface area contributed by atoms with E-state index in [1.807, 2.05) is 12.1 Å². The Morgan fingerprint density at radius 3 is 2.68 bits per heavy atom. The second kappa shape index (κ2) is 9.37. The van der Waals surface area contributed by atoms with Crippen molar-refractivity contribution in [3.8, 4) is 0 Å². The topological polar surface area (TPSA) is 95.2 Å². The molecule has 2 aliphatic rings. The normalized spacial score (nSPS) is 17.8. The first kappa shape index (κ1) is 22.3. The molecule has 2 aromatic carbocycles. The van der Waals surface area contributed by atoms with Gasteiger partial charge in [0.25, 0.3) is 11.5 Å². The van der Waals surface area contributed by atoms with Crippen LogP contribution in [0, 0.1) is 17.7 Å². The van der Waals surface area contributed by atoms with Gasteiger partial charge in [0, 0.05) is 25.0 Å². The largest absolute Gasteiger partial charge is 0.356 e. The van der Waals surface area contributed by atoms with Gasteiger partial charge < -0.3 is 10.2 Å². The van der Waals surface area contributed by atoms with Gasteiger partial charge in [0.05, 0.1) is 22.6 Å². The summed E-state index contributed by atoms with van der Waals surface area (Å²) in [4.78, 5) is 39.0.